The van der Waals surface area contributed by atoms with Crippen molar-refractivity contribution in [3.63, 3.8) is 0 Å². The van der Waals surface area contributed by atoms with Crippen LogP contribution in [-0.2, 0) is 0 Å². The molecule has 2 heteroatoms. The molecule has 4 unspecified atom stereocenters. The summed E-state index contributed by atoms with van der Waals surface area (Å²) in [4.78, 5) is 0. The topological polar surface area (TPSA) is 32.3 Å². The second kappa shape index (κ2) is 3.82. The summed E-state index contributed by atoms with van der Waals surface area (Å²) in [6, 6.07) is 0. The maximum absolute atomic E-state index is 10.1. The molecule has 0 aromatic carbocycles. The first-order chi connectivity index (χ1) is 6.61. The Kier molecular flexibility index (Phi) is 2.85. The van der Waals surface area contributed by atoms with Crippen LogP contribution >= 0.6 is 0 Å². The second-order valence-electron chi connectivity index (χ2n) is 5.67. The van der Waals surface area contributed by atoms with E-state index in [2.05, 4.69) is 5.32 Å². The summed E-state index contributed by atoms with van der Waals surface area (Å²) in [7, 11) is 1.91. The zero-order chi connectivity index (χ0) is 10.2. The summed E-state index contributed by atoms with van der Waals surface area (Å²) in [6.07, 6.45) is 6.69. The smallest absolute Gasteiger partial charge is 0.0746 e. The summed E-state index contributed by atoms with van der Waals surface area (Å²) < 4.78 is 0. The van der Waals surface area contributed by atoms with Crippen LogP contribution < -0.4 is 5.32 Å². The van der Waals surface area contributed by atoms with Gasteiger partial charge in [0.15, 0.2) is 0 Å². The highest BCUT2D eigenvalue weighted by atomic mass is 16.3. The van der Waals surface area contributed by atoms with Crippen LogP contribution in [0.2, 0.25) is 0 Å². The second-order valence-corrected chi connectivity index (χ2v) is 5.67. The van der Waals surface area contributed by atoms with Crippen molar-refractivity contribution in [3.8, 4) is 0 Å². The number of nitrogens with one attached hydrogen (secondary N) is 1. The van der Waals surface area contributed by atoms with Crippen molar-refractivity contribution in [1.29, 1.82) is 0 Å². The quantitative estimate of drug-likeness (QED) is 0.720. The standard InChI is InChI=1S/C12H23NO/c1-12(14,8-13-2)7-11-6-9-3-4-10(11)5-9/h9-11,13-14H,3-8H2,1-2H3. The van der Waals surface area contributed by atoms with E-state index in [-0.39, 0.29) is 0 Å². The highest BCUT2D eigenvalue weighted by Crippen LogP contribution is 2.50. The van der Waals surface area contributed by atoms with Crippen molar-refractivity contribution < 1.29 is 5.11 Å². The number of aliphatic hydroxyl groups is 1. The van der Waals surface area contributed by atoms with Crippen molar-refractivity contribution in [3.05, 3.63) is 0 Å². The predicted octanol–water partition coefficient (Wildman–Crippen LogP) is 1.78. The van der Waals surface area contributed by atoms with Crippen LogP contribution in [0.3, 0.4) is 0 Å². The van der Waals surface area contributed by atoms with Gasteiger partial charge in [-0.3, -0.25) is 0 Å². The van der Waals surface area contributed by atoms with E-state index in [1.54, 1.807) is 0 Å². The molecule has 2 aliphatic rings. The van der Waals surface area contributed by atoms with Gasteiger partial charge >= 0.3 is 0 Å². The number of hydrogen-bond donors (Lipinski definition) is 2. The van der Waals surface area contributed by atoms with Gasteiger partial charge in [-0.2, -0.15) is 0 Å². The number of rotatable bonds is 4. The first kappa shape index (κ1) is 10.4. The number of likely N-dealkylation sites (N-methyl/N-ethyl adjacent to an activating group) is 1. The maximum Gasteiger partial charge on any atom is 0.0746 e. The van der Waals surface area contributed by atoms with Gasteiger partial charge in [0.2, 0.25) is 0 Å². The van der Waals surface area contributed by atoms with E-state index >= 15 is 0 Å². The molecule has 0 aliphatic heterocycles. The predicted molar refractivity (Wildman–Crippen MR) is 58.1 cm³/mol. The molecule has 0 radical (unpaired) electrons. The van der Waals surface area contributed by atoms with Crippen molar-refractivity contribution in [2.45, 2.75) is 44.6 Å². The van der Waals surface area contributed by atoms with Crippen LogP contribution in [0.25, 0.3) is 0 Å². The van der Waals surface area contributed by atoms with E-state index in [0.29, 0.717) is 0 Å². The SMILES string of the molecule is CNCC(C)(O)CC1CC2CCC1C2. The Morgan fingerprint density at radius 1 is 1.36 bits per heavy atom. The Hall–Kier alpha value is -0.0800. The van der Waals surface area contributed by atoms with Gasteiger partial charge in [-0.1, -0.05) is 6.42 Å². The fraction of sp³-hybridized carbons (Fsp3) is 1.00. The molecule has 2 nitrogen and oxygen atoms in total. The molecule has 2 N–H and O–H groups in total. The molecule has 2 rings (SSSR count). The Balaban J connectivity index is 1.86. The highest BCUT2D eigenvalue weighted by Gasteiger charge is 2.41. The van der Waals surface area contributed by atoms with Gasteiger partial charge in [-0.15, -0.1) is 0 Å². The summed E-state index contributed by atoms with van der Waals surface area (Å²) in [5.74, 6) is 2.73. The van der Waals surface area contributed by atoms with Gasteiger partial charge < -0.3 is 10.4 Å². The molecular weight excluding hydrogens is 174 g/mol. The Morgan fingerprint density at radius 3 is 2.64 bits per heavy atom. The molecule has 2 aliphatic carbocycles. The largest absolute Gasteiger partial charge is 0.389 e. The van der Waals surface area contributed by atoms with Gasteiger partial charge in [-0.05, 0) is 57.4 Å². The molecule has 0 spiro atoms. The first-order valence-corrected chi connectivity index (χ1v) is 5.98. The van der Waals surface area contributed by atoms with Gasteiger partial charge in [0.1, 0.15) is 0 Å². The fourth-order valence-electron chi connectivity index (χ4n) is 3.64. The van der Waals surface area contributed by atoms with Crippen molar-refractivity contribution >= 4 is 0 Å². The molecule has 0 amide bonds. The summed E-state index contributed by atoms with van der Waals surface area (Å²) >= 11 is 0. The molecular formula is C12H23NO. The lowest BCUT2D eigenvalue weighted by molar-refractivity contribution is 0.0264. The lowest BCUT2D eigenvalue weighted by atomic mass is 9.81. The Morgan fingerprint density at radius 2 is 2.14 bits per heavy atom. The average Bonchev–Trinajstić information content (AvgIpc) is 2.63. The summed E-state index contributed by atoms with van der Waals surface area (Å²) in [6.45, 7) is 2.69. The van der Waals surface area contributed by atoms with Crippen molar-refractivity contribution in [2.75, 3.05) is 13.6 Å². The average molecular weight is 197 g/mol. The van der Waals surface area contributed by atoms with Crippen LogP contribution in [-0.4, -0.2) is 24.3 Å². The van der Waals surface area contributed by atoms with E-state index in [4.69, 9.17) is 0 Å². The zero-order valence-corrected chi connectivity index (χ0v) is 9.42. The van der Waals surface area contributed by atoms with E-state index in [0.717, 1.165) is 30.7 Å². The molecule has 4 atom stereocenters. The molecule has 0 aromatic heterocycles. The molecule has 0 heterocycles. The number of fused-ring (bicyclic) bond motifs is 2. The van der Waals surface area contributed by atoms with Crippen LogP contribution in [0.15, 0.2) is 0 Å². The van der Waals surface area contributed by atoms with E-state index in [1.807, 2.05) is 14.0 Å². The van der Waals surface area contributed by atoms with Gasteiger partial charge in [-0.25, -0.2) is 0 Å². The molecule has 0 saturated heterocycles. The third-order valence-electron chi connectivity index (χ3n) is 4.14. The Labute approximate surface area is 87.1 Å². The van der Waals surface area contributed by atoms with Gasteiger partial charge in [0.25, 0.3) is 0 Å². The normalized spacial score (nSPS) is 40.1. The minimum Gasteiger partial charge on any atom is -0.389 e. The lowest BCUT2D eigenvalue weighted by Gasteiger charge is -2.30. The summed E-state index contributed by atoms with van der Waals surface area (Å²) in [5, 5.41) is 13.2. The van der Waals surface area contributed by atoms with E-state index in [9.17, 15) is 5.11 Å². The van der Waals surface area contributed by atoms with Crippen molar-refractivity contribution in [2.24, 2.45) is 17.8 Å². The third kappa shape index (κ3) is 2.12. The minimum atomic E-state index is -0.496. The van der Waals surface area contributed by atoms with Crippen LogP contribution in [0.4, 0.5) is 0 Å². The Bertz CT molecular complexity index is 202. The first-order valence-electron chi connectivity index (χ1n) is 5.98. The summed E-state index contributed by atoms with van der Waals surface area (Å²) in [5.41, 5.74) is -0.496. The van der Waals surface area contributed by atoms with Crippen molar-refractivity contribution in [1.82, 2.24) is 5.32 Å². The number of hydrogen-bond acceptors (Lipinski definition) is 2. The van der Waals surface area contributed by atoms with Crippen LogP contribution in [0, 0.1) is 17.8 Å². The highest BCUT2D eigenvalue weighted by molar-refractivity contribution is 4.93. The monoisotopic (exact) mass is 197 g/mol. The van der Waals surface area contributed by atoms with Gasteiger partial charge in [0.05, 0.1) is 5.60 Å². The van der Waals surface area contributed by atoms with Crippen LogP contribution in [0.1, 0.15) is 39.0 Å². The van der Waals surface area contributed by atoms with E-state index < -0.39 is 5.60 Å². The van der Waals surface area contributed by atoms with Crippen LogP contribution in [0.5, 0.6) is 0 Å². The molecule has 82 valence electrons. The fourth-order valence-corrected chi connectivity index (χ4v) is 3.64. The maximum atomic E-state index is 10.1. The third-order valence-corrected chi connectivity index (χ3v) is 4.14. The molecule has 14 heavy (non-hydrogen) atoms. The van der Waals surface area contributed by atoms with E-state index in [1.165, 1.54) is 25.7 Å². The van der Waals surface area contributed by atoms with Gasteiger partial charge in [0, 0.05) is 6.54 Å². The zero-order valence-electron chi connectivity index (χ0n) is 9.42. The molecule has 0 aromatic rings. The molecule has 2 bridgehead atoms. The molecule has 2 saturated carbocycles. The minimum absolute atomic E-state index is 0.496. The molecule has 2 fully saturated rings. The lowest BCUT2D eigenvalue weighted by Crippen LogP contribution is -2.38.